The molecule has 0 bridgehead atoms. The summed E-state index contributed by atoms with van der Waals surface area (Å²) in [6.07, 6.45) is -0.101. The normalized spacial score (nSPS) is 14.2. The van der Waals surface area contributed by atoms with E-state index in [1.54, 1.807) is 54.6 Å². The highest BCUT2D eigenvalue weighted by Gasteiger charge is 2.52. The summed E-state index contributed by atoms with van der Waals surface area (Å²) in [5.74, 6) is 0.0499. The third-order valence-corrected chi connectivity index (χ3v) is 6.17. The maximum absolute atomic E-state index is 12.6. The second kappa shape index (κ2) is 11.1. The second-order valence-corrected chi connectivity index (χ2v) is 8.74. The number of barbiturate groups is 1. The Morgan fingerprint density at radius 3 is 2.17 bits per heavy atom. The van der Waals surface area contributed by atoms with E-state index in [4.69, 9.17) is 18.7 Å². The third kappa shape index (κ3) is 5.24. The molecule has 4 amide bonds. The molecule has 0 atom stereocenters. The summed E-state index contributed by atoms with van der Waals surface area (Å²) in [5.41, 5.74) is 0.573. The van der Waals surface area contributed by atoms with Crippen LogP contribution in [0.1, 0.15) is 12.0 Å². The Morgan fingerprint density at radius 2 is 1.52 bits per heavy atom. The molecule has 0 saturated carbocycles. The van der Waals surface area contributed by atoms with Gasteiger partial charge in [-0.3, -0.25) is 20.2 Å². The molecule has 3 aromatic carbocycles. The van der Waals surface area contributed by atoms with Crippen LogP contribution in [0, 0.1) is 11.3 Å². The van der Waals surface area contributed by atoms with Gasteiger partial charge in [-0.2, -0.15) is 5.26 Å². The minimum absolute atomic E-state index is 0.0504. The summed E-state index contributed by atoms with van der Waals surface area (Å²) in [5, 5.41) is 17.6. The van der Waals surface area contributed by atoms with E-state index in [0.717, 1.165) is 5.56 Å². The van der Waals surface area contributed by atoms with Crippen LogP contribution in [-0.4, -0.2) is 42.3 Å². The summed E-state index contributed by atoms with van der Waals surface area (Å²) >= 11 is 0. The lowest BCUT2D eigenvalue weighted by atomic mass is 9.95. The van der Waals surface area contributed by atoms with Crippen molar-refractivity contribution >= 4 is 17.8 Å². The number of nitrogens with zero attached hydrogens (tertiary/aromatic N) is 2. The number of urea groups is 1. The summed E-state index contributed by atoms with van der Waals surface area (Å²) < 4.78 is 22.2. The number of ether oxygens (including phenoxy) is 3. The molecule has 11 nitrogen and oxygen atoms in total. The number of nitrogens with one attached hydrogen (secondary N) is 2. The summed E-state index contributed by atoms with van der Waals surface area (Å²) in [7, 11) is 1.43. The molecule has 200 valence electrons. The Kier molecular flexibility index (Phi) is 7.26. The number of rotatable bonds is 9. The predicted octanol–water partition coefficient (Wildman–Crippen LogP) is 4.19. The molecule has 11 heteroatoms. The van der Waals surface area contributed by atoms with Gasteiger partial charge in [0.1, 0.15) is 22.9 Å². The van der Waals surface area contributed by atoms with Crippen molar-refractivity contribution in [2.45, 2.75) is 12.0 Å². The van der Waals surface area contributed by atoms with Crippen LogP contribution in [0.15, 0.2) is 83.4 Å². The zero-order valence-electron chi connectivity index (χ0n) is 21.2. The van der Waals surface area contributed by atoms with Gasteiger partial charge in [0.05, 0.1) is 18.2 Å². The SMILES string of the molecule is COCCC1(Oc2ccc(Oc3ccc(-c4cc(-c5ccccc5C#N)no4)cc3)cc2)C(=O)NC(=O)NC1=O. The number of aromatic nitrogens is 1. The molecule has 1 aromatic heterocycles. The van der Waals surface area contributed by atoms with Crippen molar-refractivity contribution in [1.82, 2.24) is 15.8 Å². The average Bonchev–Trinajstić information content (AvgIpc) is 3.46. The van der Waals surface area contributed by atoms with Gasteiger partial charge >= 0.3 is 6.03 Å². The van der Waals surface area contributed by atoms with Crippen LogP contribution in [0.25, 0.3) is 22.6 Å². The average molecular weight is 539 g/mol. The Balaban J connectivity index is 1.27. The Morgan fingerprint density at radius 1 is 0.900 bits per heavy atom. The molecule has 1 aliphatic heterocycles. The van der Waals surface area contributed by atoms with E-state index in [-0.39, 0.29) is 18.8 Å². The van der Waals surface area contributed by atoms with Gasteiger partial charge in [0, 0.05) is 30.7 Å². The van der Waals surface area contributed by atoms with Crippen molar-refractivity contribution < 1.29 is 33.1 Å². The van der Waals surface area contributed by atoms with E-state index in [9.17, 15) is 19.6 Å². The first-order chi connectivity index (χ1) is 19.4. The lowest BCUT2D eigenvalue weighted by molar-refractivity contribution is -0.153. The van der Waals surface area contributed by atoms with E-state index < -0.39 is 23.4 Å². The van der Waals surface area contributed by atoms with E-state index in [0.29, 0.717) is 34.1 Å². The first kappa shape index (κ1) is 26.1. The molecule has 40 heavy (non-hydrogen) atoms. The molecular formula is C29H22N4O7. The molecule has 0 aliphatic carbocycles. The lowest BCUT2D eigenvalue weighted by Crippen LogP contribution is -2.69. The summed E-state index contributed by atoms with van der Waals surface area (Å²) in [6.45, 7) is 0.0504. The molecule has 2 heterocycles. The second-order valence-electron chi connectivity index (χ2n) is 8.74. The first-order valence-corrected chi connectivity index (χ1v) is 12.1. The van der Waals surface area contributed by atoms with Crippen LogP contribution < -0.4 is 20.1 Å². The molecule has 0 radical (unpaired) electrons. The zero-order valence-corrected chi connectivity index (χ0v) is 21.2. The van der Waals surface area contributed by atoms with Crippen molar-refractivity contribution in [3.05, 3.63) is 84.4 Å². The fraction of sp³-hybridized carbons (Fsp3) is 0.138. The molecular weight excluding hydrogens is 516 g/mol. The van der Waals surface area contributed by atoms with Crippen LogP contribution >= 0.6 is 0 Å². The van der Waals surface area contributed by atoms with Gasteiger partial charge in [-0.05, 0) is 54.6 Å². The zero-order chi connectivity index (χ0) is 28.1. The van der Waals surface area contributed by atoms with Gasteiger partial charge in [0.15, 0.2) is 5.76 Å². The van der Waals surface area contributed by atoms with Gasteiger partial charge in [0.25, 0.3) is 17.4 Å². The number of hydrogen-bond donors (Lipinski definition) is 2. The quantitative estimate of drug-likeness (QED) is 0.299. The highest BCUT2D eigenvalue weighted by Crippen LogP contribution is 2.31. The van der Waals surface area contributed by atoms with Crippen LogP contribution in [0.2, 0.25) is 0 Å². The van der Waals surface area contributed by atoms with E-state index in [1.165, 1.54) is 7.11 Å². The van der Waals surface area contributed by atoms with Crippen molar-refractivity contribution in [1.29, 1.82) is 5.26 Å². The molecule has 1 aliphatic rings. The number of hydrogen-bond acceptors (Lipinski definition) is 9. The van der Waals surface area contributed by atoms with Crippen LogP contribution in [0.5, 0.6) is 17.2 Å². The predicted molar refractivity (Wildman–Crippen MR) is 140 cm³/mol. The number of benzene rings is 3. The van der Waals surface area contributed by atoms with Gasteiger partial charge in [0.2, 0.25) is 0 Å². The maximum Gasteiger partial charge on any atom is 0.328 e. The monoisotopic (exact) mass is 538 g/mol. The van der Waals surface area contributed by atoms with Crippen molar-refractivity contribution in [2.24, 2.45) is 0 Å². The Labute approximate surface area is 228 Å². The number of nitriles is 1. The Hall–Kier alpha value is -5.47. The van der Waals surface area contributed by atoms with Crippen LogP contribution in [-0.2, 0) is 14.3 Å². The highest BCUT2D eigenvalue weighted by molar-refractivity contribution is 6.21. The number of carbonyl (C=O) groups is 3. The molecule has 5 rings (SSSR count). The molecule has 0 spiro atoms. The van der Waals surface area contributed by atoms with Crippen molar-refractivity contribution in [3.63, 3.8) is 0 Å². The van der Waals surface area contributed by atoms with Gasteiger partial charge in [-0.1, -0.05) is 23.4 Å². The fourth-order valence-corrected chi connectivity index (χ4v) is 4.10. The largest absolute Gasteiger partial charge is 0.467 e. The standard InChI is InChI=1S/C29H22N4O7/c1-37-15-14-29(26(34)31-28(36)32-27(29)35)39-22-12-10-21(11-13-22)38-20-8-6-18(7-9-20)25-16-24(33-40-25)23-5-3-2-4-19(23)17-30/h2-13,16H,14-15H2,1H3,(H2,31,32,34,35,36). The third-order valence-electron chi connectivity index (χ3n) is 6.17. The smallest absolute Gasteiger partial charge is 0.328 e. The summed E-state index contributed by atoms with van der Waals surface area (Å²) in [6, 6.07) is 23.7. The van der Waals surface area contributed by atoms with Crippen molar-refractivity contribution in [2.75, 3.05) is 13.7 Å². The number of imide groups is 2. The van der Waals surface area contributed by atoms with E-state index in [1.807, 2.05) is 24.3 Å². The molecule has 1 fully saturated rings. The van der Waals surface area contributed by atoms with Crippen LogP contribution in [0.4, 0.5) is 4.79 Å². The maximum atomic E-state index is 12.6. The van der Waals surface area contributed by atoms with E-state index >= 15 is 0 Å². The minimum Gasteiger partial charge on any atom is -0.467 e. The summed E-state index contributed by atoms with van der Waals surface area (Å²) in [4.78, 5) is 36.6. The first-order valence-electron chi connectivity index (χ1n) is 12.1. The van der Waals surface area contributed by atoms with Gasteiger partial charge < -0.3 is 18.7 Å². The Bertz CT molecular complexity index is 1580. The number of methoxy groups -OCH3 is 1. The molecule has 0 unspecified atom stereocenters. The molecule has 1 saturated heterocycles. The topological polar surface area (TPSA) is 153 Å². The van der Waals surface area contributed by atoms with E-state index in [2.05, 4.69) is 21.9 Å². The molecule has 2 N–H and O–H groups in total. The van der Waals surface area contributed by atoms with Crippen molar-refractivity contribution in [3.8, 4) is 45.9 Å². The van der Waals surface area contributed by atoms with Gasteiger partial charge in [-0.15, -0.1) is 0 Å². The highest BCUT2D eigenvalue weighted by atomic mass is 16.5. The lowest BCUT2D eigenvalue weighted by Gasteiger charge is -2.34. The minimum atomic E-state index is -1.96. The molecule has 4 aromatic rings. The van der Waals surface area contributed by atoms with Crippen LogP contribution in [0.3, 0.4) is 0 Å². The number of carbonyl (C=O) groups excluding carboxylic acids is 3. The number of amides is 4. The van der Waals surface area contributed by atoms with Gasteiger partial charge in [-0.25, -0.2) is 4.79 Å². The fourth-order valence-electron chi connectivity index (χ4n) is 4.10.